The molecule has 3 rings (SSSR count). The third-order valence-electron chi connectivity index (χ3n) is 3.96. The van der Waals surface area contributed by atoms with Crippen molar-refractivity contribution in [3.05, 3.63) is 36.4 Å². The van der Waals surface area contributed by atoms with Crippen LogP contribution in [0.2, 0.25) is 0 Å². The van der Waals surface area contributed by atoms with Crippen LogP contribution in [0.15, 0.2) is 36.4 Å². The van der Waals surface area contributed by atoms with Gasteiger partial charge in [-0.15, -0.1) is 0 Å². The molecule has 0 spiro atoms. The van der Waals surface area contributed by atoms with Crippen molar-refractivity contribution in [2.45, 2.75) is 12.8 Å². The van der Waals surface area contributed by atoms with Crippen LogP contribution in [-0.2, 0) is 14.4 Å². The fourth-order valence-electron chi connectivity index (χ4n) is 2.89. The molecule has 1 aliphatic carbocycles. The van der Waals surface area contributed by atoms with E-state index >= 15 is 0 Å². The molecule has 2 atom stereocenters. The predicted molar refractivity (Wildman–Crippen MR) is 74.8 cm³/mol. The number of amides is 2. The van der Waals surface area contributed by atoms with Gasteiger partial charge in [0.05, 0.1) is 23.5 Å². The second-order valence-electron chi connectivity index (χ2n) is 5.32. The van der Waals surface area contributed by atoms with Crippen molar-refractivity contribution < 1.29 is 24.2 Å². The molecule has 1 aliphatic heterocycles. The smallest absolute Gasteiger partial charge is 0.238 e. The van der Waals surface area contributed by atoms with Crippen molar-refractivity contribution in [2.75, 3.05) is 11.5 Å². The van der Waals surface area contributed by atoms with E-state index in [2.05, 4.69) is 0 Å². The summed E-state index contributed by atoms with van der Waals surface area (Å²) in [6, 6.07) is 6.20. The second-order valence-corrected chi connectivity index (χ2v) is 5.32. The molecule has 2 aliphatic rings. The van der Waals surface area contributed by atoms with Crippen molar-refractivity contribution in [3.63, 3.8) is 0 Å². The first-order chi connectivity index (χ1) is 10.6. The lowest BCUT2D eigenvalue weighted by atomic mass is 9.85. The van der Waals surface area contributed by atoms with E-state index in [1.165, 1.54) is 17.0 Å². The third-order valence-corrected chi connectivity index (χ3v) is 3.96. The van der Waals surface area contributed by atoms with Crippen LogP contribution in [0.25, 0.3) is 0 Å². The number of hydrogen-bond acceptors (Lipinski definition) is 5. The molecule has 1 aromatic carbocycles. The van der Waals surface area contributed by atoms with Crippen LogP contribution in [-0.4, -0.2) is 24.4 Å². The van der Waals surface area contributed by atoms with E-state index in [1.807, 2.05) is 12.2 Å². The van der Waals surface area contributed by atoms with Crippen molar-refractivity contribution in [1.82, 2.24) is 0 Å². The van der Waals surface area contributed by atoms with Crippen LogP contribution in [0.1, 0.15) is 12.8 Å². The van der Waals surface area contributed by atoms with Gasteiger partial charge in [-0.05, 0) is 37.1 Å². The largest absolute Gasteiger partial charge is 0.546 e. The minimum Gasteiger partial charge on any atom is -0.546 e. The summed E-state index contributed by atoms with van der Waals surface area (Å²) in [6.45, 7) is -0.545. The number of fused-ring (bicyclic) bond motifs is 1. The average Bonchev–Trinajstić information content (AvgIpc) is 2.78. The summed E-state index contributed by atoms with van der Waals surface area (Å²) in [5.41, 5.74) is 0.477. The van der Waals surface area contributed by atoms with Gasteiger partial charge in [0, 0.05) is 0 Å². The van der Waals surface area contributed by atoms with Crippen molar-refractivity contribution >= 4 is 23.5 Å². The Morgan fingerprint density at radius 3 is 2.14 bits per heavy atom. The van der Waals surface area contributed by atoms with Gasteiger partial charge in [0.25, 0.3) is 0 Å². The molecule has 1 saturated heterocycles. The Labute approximate surface area is 127 Å². The molecule has 0 N–H and O–H groups in total. The highest BCUT2D eigenvalue weighted by atomic mass is 16.5. The number of carbonyl (C=O) groups excluding carboxylic acids is 3. The van der Waals surface area contributed by atoms with Gasteiger partial charge in [-0.2, -0.15) is 0 Å². The van der Waals surface area contributed by atoms with Crippen LogP contribution < -0.4 is 14.7 Å². The monoisotopic (exact) mass is 300 g/mol. The molecule has 1 fully saturated rings. The molecule has 1 heterocycles. The number of benzene rings is 1. The summed E-state index contributed by atoms with van der Waals surface area (Å²) in [4.78, 5) is 36.4. The number of nitrogens with zero attached hydrogens (tertiary/aromatic N) is 1. The molecule has 22 heavy (non-hydrogen) atoms. The molecule has 0 aromatic heterocycles. The van der Waals surface area contributed by atoms with Gasteiger partial charge < -0.3 is 14.6 Å². The van der Waals surface area contributed by atoms with E-state index in [1.54, 1.807) is 12.1 Å². The minimum absolute atomic E-state index is 0.178. The summed E-state index contributed by atoms with van der Waals surface area (Å²) >= 11 is 0. The highest BCUT2D eigenvalue weighted by Gasteiger charge is 2.47. The Kier molecular flexibility index (Phi) is 3.66. The van der Waals surface area contributed by atoms with E-state index < -0.39 is 12.6 Å². The SMILES string of the molecule is O=C([O-])COc1ccc(N2C(=O)[C@H]3CC=CC[C@@H]3C2=O)cc1. The number of allylic oxidation sites excluding steroid dienone is 2. The Morgan fingerprint density at radius 2 is 1.64 bits per heavy atom. The zero-order chi connectivity index (χ0) is 15.7. The topological polar surface area (TPSA) is 86.7 Å². The maximum Gasteiger partial charge on any atom is 0.238 e. The Morgan fingerprint density at radius 1 is 1.09 bits per heavy atom. The Bertz CT molecular complexity index is 623. The number of imide groups is 1. The molecule has 0 radical (unpaired) electrons. The number of carboxylic acid groups (broad SMARTS) is 1. The average molecular weight is 300 g/mol. The zero-order valence-electron chi connectivity index (χ0n) is 11.7. The summed E-state index contributed by atoms with van der Waals surface area (Å²) < 4.78 is 4.97. The maximum atomic E-state index is 12.4. The van der Waals surface area contributed by atoms with Crippen molar-refractivity contribution in [2.24, 2.45) is 11.8 Å². The van der Waals surface area contributed by atoms with E-state index in [0.29, 0.717) is 24.3 Å². The Balaban J connectivity index is 1.78. The molecule has 6 nitrogen and oxygen atoms in total. The molecule has 1 aromatic rings. The summed E-state index contributed by atoms with van der Waals surface area (Å²) in [7, 11) is 0. The molecule has 0 saturated carbocycles. The zero-order valence-corrected chi connectivity index (χ0v) is 11.7. The van der Waals surface area contributed by atoms with E-state index in [0.717, 1.165) is 0 Å². The standard InChI is InChI=1S/C16H15NO5/c18-14(19)9-22-11-7-5-10(6-8-11)17-15(20)12-3-1-2-4-13(12)16(17)21/h1-2,5-8,12-13H,3-4,9H2,(H,18,19)/p-1/t12-,13-/m0/s1. The molecular weight excluding hydrogens is 286 g/mol. The van der Waals surface area contributed by atoms with Crippen LogP contribution in [0.4, 0.5) is 5.69 Å². The number of rotatable bonds is 4. The maximum absolute atomic E-state index is 12.4. The molecule has 6 heteroatoms. The highest BCUT2D eigenvalue weighted by molar-refractivity contribution is 6.22. The van der Waals surface area contributed by atoms with Gasteiger partial charge in [0.15, 0.2) is 0 Å². The first kappa shape index (κ1) is 14.3. The van der Waals surface area contributed by atoms with Crippen LogP contribution >= 0.6 is 0 Å². The lowest BCUT2D eigenvalue weighted by molar-refractivity contribution is -0.307. The number of aliphatic carboxylic acids is 1. The van der Waals surface area contributed by atoms with Gasteiger partial charge >= 0.3 is 0 Å². The van der Waals surface area contributed by atoms with Gasteiger partial charge in [-0.3, -0.25) is 14.5 Å². The highest BCUT2D eigenvalue weighted by Crippen LogP contribution is 2.37. The quantitative estimate of drug-likeness (QED) is 0.588. The second kappa shape index (κ2) is 5.63. The van der Waals surface area contributed by atoms with Crippen LogP contribution in [0.5, 0.6) is 5.75 Å². The van der Waals surface area contributed by atoms with Crippen LogP contribution in [0, 0.1) is 11.8 Å². The van der Waals surface area contributed by atoms with Gasteiger partial charge in [0.1, 0.15) is 12.4 Å². The molecule has 0 bridgehead atoms. The van der Waals surface area contributed by atoms with Crippen molar-refractivity contribution in [1.29, 1.82) is 0 Å². The molecular formula is C16H14NO5-. The normalized spacial score (nSPS) is 23.5. The van der Waals surface area contributed by atoms with Crippen LogP contribution in [0.3, 0.4) is 0 Å². The van der Waals surface area contributed by atoms with E-state index in [9.17, 15) is 19.5 Å². The minimum atomic E-state index is -1.31. The van der Waals surface area contributed by atoms with E-state index in [-0.39, 0.29) is 23.7 Å². The number of anilines is 1. The summed E-state index contributed by atoms with van der Waals surface area (Å²) in [5.74, 6) is -1.87. The summed E-state index contributed by atoms with van der Waals surface area (Å²) in [5, 5.41) is 10.3. The van der Waals surface area contributed by atoms with Crippen molar-refractivity contribution in [3.8, 4) is 5.75 Å². The fraction of sp³-hybridized carbons (Fsp3) is 0.312. The van der Waals surface area contributed by atoms with Gasteiger partial charge in [-0.25, -0.2) is 0 Å². The number of carbonyl (C=O) groups is 3. The summed E-state index contributed by atoms with van der Waals surface area (Å²) in [6.07, 6.45) is 5.07. The van der Waals surface area contributed by atoms with Gasteiger partial charge in [-0.1, -0.05) is 12.2 Å². The molecule has 2 amide bonds. The fourth-order valence-corrected chi connectivity index (χ4v) is 2.89. The van der Waals surface area contributed by atoms with E-state index in [4.69, 9.17) is 4.74 Å². The predicted octanol–water partition coefficient (Wildman–Crippen LogP) is 0.271. The number of hydrogen-bond donors (Lipinski definition) is 0. The molecule has 114 valence electrons. The Hall–Kier alpha value is -2.63. The first-order valence-electron chi connectivity index (χ1n) is 7.03. The number of ether oxygens (including phenoxy) is 1. The lowest BCUT2D eigenvalue weighted by Gasteiger charge is -2.15. The third kappa shape index (κ3) is 2.47. The lowest BCUT2D eigenvalue weighted by Crippen LogP contribution is -2.31. The molecule has 0 unspecified atom stereocenters. The first-order valence-corrected chi connectivity index (χ1v) is 7.03. The van der Waals surface area contributed by atoms with Gasteiger partial charge in [0.2, 0.25) is 11.8 Å². The number of carboxylic acids is 1.